The highest BCUT2D eigenvalue weighted by Gasteiger charge is 2.34. The van der Waals surface area contributed by atoms with Gasteiger partial charge in [-0.2, -0.15) is 0 Å². The van der Waals surface area contributed by atoms with Crippen molar-refractivity contribution in [2.45, 2.75) is 37.8 Å². The summed E-state index contributed by atoms with van der Waals surface area (Å²) in [5.41, 5.74) is 0.860. The van der Waals surface area contributed by atoms with Gasteiger partial charge in [0.2, 0.25) is 0 Å². The molecule has 1 aliphatic heterocycles. The third kappa shape index (κ3) is 2.42. The number of halogens is 1. The van der Waals surface area contributed by atoms with Crippen LogP contribution in [0.3, 0.4) is 0 Å². The maximum Gasteiger partial charge on any atom is 0.270 e. The first kappa shape index (κ1) is 12.9. The van der Waals surface area contributed by atoms with Crippen LogP contribution in [0, 0.1) is 0 Å². The molecule has 2 saturated carbocycles. The number of nitrogens with zero attached hydrogens (tertiary/aromatic N) is 3. The lowest BCUT2D eigenvalue weighted by atomic mass is 10.2. The lowest BCUT2D eigenvalue weighted by Gasteiger charge is -2.35. The van der Waals surface area contributed by atoms with E-state index < -0.39 is 0 Å². The second-order valence-electron chi connectivity index (χ2n) is 6.24. The summed E-state index contributed by atoms with van der Waals surface area (Å²) in [6.45, 7) is 3.84. The van der Waals surface area contributed by atoms with Crippen LogP contribution in [-0.2, 0) is 0 Å². The van der Waals surface area contributed by atoms with Crippen molar-refractivity contribution in [2.24, 2.45) is 0 Å². The van der Waals surface area contributed by atoms with E-state index in [2.05, 4.69) is 31.6 Å². The van der Waals surface area contributed by atoms with Gasteiger partial charge in [-0.3, -0.25) is 9.69 Å². The van der Waals surface area contributed by atoms with Crippen molar-refractivity contribution in [2.75, 3.05) is 26.2 Å². The molecule has 20 heavy (non-hydrogen) atoms. The first-order chi connectivity index (χ1) is 9.72. The highest BCUT2D eigenvalue weighted by Crippen LogP contribution is 2.38. The maximum absolute atomic E-state index is 12.7. The Balaban J connectivity index is 1.47. The normalized spacial score (nSPS) is 24.1. The number of rotatable bonds is 3. The molecule has 0 spiro atoms. The Hall–Kier alpha value is -0.810. The van der Waals surface area contributed by atoms with Crippen molar-refractivity contribution in [3.05, 3.63) is 22.4 Å². The Morgan fingerprint density at radius 3 is 2.30 bits per heavy atom. The molecule has 2 heterocycles. The number of carbonyl (C=O) groups is 1. The predicted octanol–water partition coefficient (Wildman–Crippen LogP) is 2.51. The first-order valence-corrected chi connectivity index (χ1v) is 8.42. The fourth-order valence-electron chi connectivity index (χ4n) is 3.16. The van der Waals surface area contributed by atoms with Crippen molar-refractivity contribution in [3.8, 4) is 0 Å². The Kier molecular flexibility index (Phi) is 3.15. The van der Waals surface area contributed by atoms with E-state index in [4.69, 9.17) is 0 Å². The molecule has 0 atom stereocenters. The number of carbonyl (C=O) groups excluding carboxylic acids is 1. The Morgan fingerprint density at radius 2 is 1.70 bits per heavy atom. The number of piperazine rings is 1. The molecule has 0 aromatic carbocycles. The van der Waals surface area contributed by atoms with Crippen LogP contribution in [0.15, 0.2) is 16.7 Å². The van der Waals surface area contributed by atoms with E-state index in [9.17, 15) is 4.79 Å². The van der Waals surface area contributed by atoms with E-state index in [0.29, 0.717) is 6.04 Å². The van der Waals surface area contributed by atoms with Crippen LogP contribution < -0.4 is 0 Å². The lowest BCUT2D eigenvalue weighted by molar-refractivity contribution is 0.0616. The van der Waals surface area contributed by atoms with E-state index in [1.165, 1.54) is 25.7 Å². The van der Waals surface area contributed by atoms with E-state index in [-0.39, 0.29) is 5.91 Å². The van der Waals surface area contributed by atoms with Crippen LogP contribution in [0.25, 0.3) is 0 Å². The zero-order valence-corrected chi connectivity index (χ0v) is 13.2. The quantitative estimate of drug-likeness (QED) is 0.847. The average Bonchev–Trinajstić information content (AvgIpc) is 3.36. The molecule has 0 unspecified atom stereocenters. The zero-order chi connectivity index (χ0) is 13.7. The molecule has 1 saturated heterocycles. The van der Waals surface area contributed by atoms with E-state index in [0.717, 1.165) is 42.4 Å². The number of hydrogen-bond donors (Lipinski definition) is 0. The van der Waals surface area contributed by atoms with Gasteiger partial charge in [0.25, 0.3) is 5.91 Å². The summed E-state index contributed by atoms with van der Waals surface area (Å²) >= 11 is 3.51. The van der Waals surface area contributed by atoms with Gasteiger partial charge in [-0.25, -0.2) is 0 Å². The Morgan fingerprint density at radius 1 is 1.05 bits per heavy atom. The lowest BCUT2D eigenvalue weighted by Crippen LogP contribution is -2.49. The van der Waals surface area contributed by atoms with Gasteiger partial charge < -0.3 is 9.47 Å². The summed E-state index contributed by atoms with van der Waals surface area (Å²) in [4.78, 5) is 17.3. The summed E-state index contributed by atoms with van der Waals surface area (Å²) in [6.07, 6.45) is 7.18. The number of hydrogen-bond acceptors (Lipinski definition) is 2. The predicted molar refractivity (Wildman–Crippen MR) is 80.9 cm³/mol. The molecule has 0 N–H and O–H groups in total. The fraction of sp³-hybridized carbons (Fsp3) is 0.667. The topological polar surface area (TPSA) is 28.5 Å². The van der Waals surface area contributed by atoms with Gasteiger partial charge in [-0.15, -0.1) is 0 Å². The Labute approximate surface area is 127 Å². The first-order valence-electron chi connectivity index (χ1n) is 7.63. The molecule has 3 fully saturated rings. The van der Waals surface area contributed by atoms with Crippen molar-refractivity contribution in [1.29, 1.82) is 0 Å². The number of aromatic nitrogens is 1. The van der Waals surface area contributed by atoms with Gasteiger partial charge >= 0.3 is 0 Å². The highest BCUT2D eigenvalue weighted by atomic mass is 79.9. The van der Waals surface area contributed by atoms with Gasteiger partial charge in [-0.05, 0) is 47.7 Å². The molecule has 0 radical (unpaired) electrons. The van der Waals surface area contributed by atoms with Gasteiger partial charge in [0.1, 0.15) is 5.69 Å². The van der Waals surface area contributed by atoms with Crippen molar-refractivity contribution < 1.29 is 4.79 Å². The standard InChI is InChI=1S/C15H20BrN3O/c16-11-9-14(19(10-11)13-3-4-13)15(20)18-7-5-17(6-8-18)12-1-2-12/h9-10,12-13H,1-8H2. The molecule has 3 aliphatic rings. The summed E-state index contributed by atoms with van der Waals surface area (Å²) in [6, 6.07) is 3.35. The monoisotopic (exact) mass is 337 g/mol. The molecule has 1 amide bonds. The number of amides is 1. The molecule has 2 aliphatic carbocycles. The largest absolute Gasteiger partial charge is 0.339 e. The smallest absolute Gasteiger partial charge is 0.270 e. The third-order valence-electron chi connectivity index (χ3n) is 4.64. The second kappa shape index (κ2) is 4.88. The van der Waals surface area contributed by atoms with Crippen LogP contribution in [-0.4, -0.2) is 52.5 Å². The highest BCUT2D eigenvalue weighted by molar-refractivity contribution is 9.10. The molecular formula is C15H20BrN3O. The summed E-state index contributed by atoms with van der Waals surface area (Å²) < 4.78 is 3.18. The minimum absolute atomic E-state index is 0.207. The van der Waals surface area contributed by atoms with Gasteiger partial charge in [0.05, 0.1) is 0 Å². The van der Waals surface area contributed by atoms with Crippen molar-refractivity contribution in [1.82, 2.24) is 14.4 Å². The second-order valence-corrected chi connectivity index (χ2v) is 7.16. The van der Waals surface area contributed by atoms with E-state index in [1.807, 2.05) is 11.0 Å². The minimum atomic E-state index is 0.207. The van der Waals surface area contributed by atoms with E-state index in [1.54, 1.807) is 0 Å². The van der Waals surface area contributed by atoms with E-state index >= 15 is 0 Å². The molecule has 0 bridgehead atoms. The molecule has 108 valence electrons. The van der Waals surface area contributed by atoms with Crippen LogP contribution in [0.5, 0.6) is 0 Å². The summed E-state index contributed by atoms with van der Waals surface area (Å²) in [5, 5.41) is 0. The molecule has 4 rings (SSSR count). The summed E-state index contributed by atoms with van der Waals surface area (Å²) in [7, 11) is 0. The summed E-state index contributed by atoms with van der Waals surface area (Å²) in [5.74, 6) is 0.207. The SMILES string of the molecule is O=C(c1cc(Br)cn1C1CC1)N1CCN(C2CC2)CC1. The molecule has 1 aromatic heterocycles. The van der Waals surface area contributed by atoms with Gasteiger partial charge in [0, 0.05) is 48.9 Å². The van der Waals surface area contributed by atoms with Gasteiger partial charge in [0.15, 0.2) is 0 Å². The van der Waals surface area contributed by atoms with Crippen LogP contribution in [0.2, 0.25) is 0 Å². The van der Waals surface area contributed by atoms with Crippen molar-refractivity contribution in [3.63, 3.8) is 0 Å². The van der Waals surface area contributed by atoms with Crippen molar-refractivity contribution >= 4 is 21.8 Å². The fourth-order valence-corrected chi connectivity index (χ4v) is 3.60. The van der Waals surface area contributed by atoms with Crippen LogP contribution >= 0.6 is 15.9 Å². The maximum atomic E-state index is 12.7. The minimum Gasteiger partial charge on any atom is -0.339 e. The van der Waals surface area contributed by atoms with Gasteiger partial charge in [-0.1, -0.05) is 0 Å². The molecule has 4 nitrogen and oxygen atoms in total. The Bertz CT molecular complexity index is 525. The average molecular weight is 338 g/mol. The molecule has 5 heteroatoms. The molecular weight excluding hydrogens is 318 g/mol. The van der Waals surface area contributed by atoms with Crippen LogP contribution in [0.4, 0.5) is 0 Å². The van der Waals surface area contributed by atoms with Crippen LogP contribution in [0.1, 0.15) is 42.2 Å². The third-order valence-corrected chi connectivity index (χ3v) is 5.07. The zero-order valence-electron chi connectivity index (χ0n) is 11.6. The molecule has 1 aromatic rings.